The normalized spacial score (nSPS) is 32.1. The summed E-state index contributed by atoms with van der Waals surface area (Å²) in [6, 6.07) is 0. The van der Waals surface area contributed by atoms with Crippen molar-refractivity contribution in [3.63, 3.8) is 0 Å². The number of nitrogens with zero attached hydrogens (tertiary/aromatic N) is 1. The molecule has 0 aromatic carbocycles. The van der Waals surface area contributed by atoms with Crippen molar-refractivity contribution in [2.45, 2.75) is 51.4 Å². The van der Waals surface area contributed by atoms with Crippen LogP contribution in [-0.2, 0) is 19.4 Å². The molecule has 0 spiro atoms. The second-order valence-electron chi connectivity index (χ2n) is 7.17. The van der Waals surface area contributed by atoms with Gasteiger partial charge in [0.25, 0.3) is 0 Å². The fourth-order valence-electron chi connectivity index (χ4n) is 3.29. The third-order valence-corrected chi connectivity index (χ3v) is 7.23. The van der Waals surface area contributed by atoms with Crippen molar-refractivity contribution in [2.24, 2.45) is 11.8 Å². The van der Waals surface area contributed by atoms with Crippen LogP contribution >= 0.6 is 0 Å². The fraction of sp³-hybridized carbons (Fsp3) is 0.933. The van der Waals surface area contributed by atoms with Gasteiger partial charge in [0.1, 0.15) is 0 Å². The summed E-state index contributed by atoms with van der Waals surface area (Å²) in [6.07, 6.45) is 1.69. The maximum absolute atomic E-state index is 12.8. The molecule has 6 heteroatoms. The summed E-state index contributed by atoms with van der Waals surface area (Å²) in [4.78, 5) is 14.5. The van der Waals surface area contributed by atoms with Gasteiger partial charge in [0, 0.05) is 19.7 Å². The first-order valence-electron chi connectivity index (χ1n) is 7.78. The van der Waals surface area contributed by atoms with Crippen LogP contribution in [0.25, 0.3) is 0 Å². The van der Waals surface area contributed by atoms with E-state index >= 15 is 0 Å². The molecular weight excluding hydrogens is 290 g/mol. The highest BCUT2D eigenvalue weighted by molar-refractivity contribution is 7.92. The number of sulfone groups is 1. The van der Waals surface area contributed by atoms with Crippen LogP contribution in [0.2, 0.25) is 0 Å². The SMILES string of the molecule is CC(C)[C@@H]1OCCC[C@H]1C(=O)N1CCS(=O)(=O)C(C)(C)C1. The van der Waals surface area contributed by atoms with Crippen LogP contribution in [0.4, 0.5) is 0 Å². The van der Waals surface area contributed by atoms with Crippen molar-refractivity contribution >= 4 is 15.7 Å². The molecule has 21 heavy (non-hydrogen) atoms. The van der Waals surface area contributed by atoms with Gasteiger partial charge >= 0.3 is 0 Å². The molecule has 1 amide bonds. The van der Waals surface area contributed by atoms with Gasteiger partial charge in [-0.25, -0.2) is 8.42 Å². The Bertz CT molecular complexity index is 498. The summed E-state index contributed by atoms with van der Waals surface area (Å²) in [5.74, 6) is 0.290. The molecule has 2 aliphatic rings. The zero-order chi connectivity index (χ0) is 15.8. The van der Waals surface area contributed by atoms with Crippen LogP contribution in [0.3, 0.4) is 0 Å². The highest BCUT2D eigenvalue weighted by Crippen LogP contribution is 2.31. The van der Waals surface area contributed by atoms with Crippen molar-refractivity contribution in [1.29, 1.82) is 0 Å². The van der Waals surface area contributed by atoms with E-state index in [0.29, 0.717) is 19.1 Å². The van der Waals surface area contributed by atoms with E-state index in [9.17, 15) is 13.2 Å². The minimum atomic E-state index is -3.11. The third-order valence-electron chi connectivity index (χ3n) is 4.70. The third kappa shape index (κ3) is 3.26. The Morgan fingerprint density at radius 2 is 2.00 bits per heavy atom. The van der Waals surface area contributed by atoms with Crippen LogP contribution in [0.15, 0.2) is 0 Å². The summed E-state index contributed by atoms with van der Waals surface area (Å²) < 4.78 is 29.0. The molecule has 2 heterocycles. The lowest BCUT2D eigenvalue weighted by atomic mass is 9.86. The van der Waals surface area contributed by atoms with Crippen molar-refractivity contribution in [2.75, 3.05) is 25.4 Å². The summed E-state index contributed by atoms with van der Waals surface area (Å²) >= 11 is 0. The highest BCUT2D eigenvalue weighted by Gasteiger charge is 2.44. The minimum Gasteiger partial charge on any atom is -0.377 e. The molecular formula is C15H27NO4S. The van der Waals surface area contributed by atoms with Gasteiger partial charge in [0.15, 0.2) is 9.84 Å². The quantitative estimate of drug-likeness (QED) is 0.774. The second kappa shape index (κ2) is 5.88. The molecule has 2 atom stereocenters. The van der Waals surface area contributed by atoms with E-state index in [2.05, 4.69) is 13.8 Å². The molecule has 2 saturated heterocycles. The Morgan fingerprint density at radius 3 is 2.57 bits per heavy atom. The van der Waals surface area contributed by atoms with Crippen molar-refractivity contribution < 1.29 is 17.9 Å². The van der Waals surface area contributed by atoms with Gasteiger partial charge in [-0.05, 0) is 32.6 Å². The van der Waals surface area contributed by atoms with E-state index in [-0.39, 0.29) is 30.2 Å². The number of hydrogen-bond donors (Lipinski definition) is 0. The summed E-state index contributed by atoms with van der Waals surface area (Å²) in [5.41, 5.74) is 0. The minimum absolute atomic E-state index is 0.0482. The summed E-state index contributed by atoms with van der Waals surface area (Å²) in [6.45, 7) is 8.87. The molecule has 0 saturated carbocycles. The van der Waals surface area contributed by atoms with Gasteiger partial charge in [0.05, 0.1) is 22.5 Å². The molecule has 0 aliphatic carbocycles. The number of ether oxygens (including phenoxy) is 1. The zero-order valence-corrected chi connectivity index (χ0v) is 14.3. The maximum Gasteiger partial charge on any atom is 0.228 e. The Hall–Kier alpha value is -0.620. The maximum atomic E-state index is 12.8. The fourth-order valence-corrected chi connectivity index (χ4v) is 4.66. The standard InChI is InChI=1S/C15H27NO4S/c1-11(2)13-12(6-5-8-20-13)14(17)16-7-9-21(18,19)15(3,4)10-16/h11-13H,5-10H2,1-4H3/t12-,13+/m1/s1. The smallest absolute Gasteiger partial charge is 0.228 e. The molecule has 2 fully saturated rings. The van der Waals surface area contributed by atoms with Crippen LogP contribution < -0.4 is 0 Å². The van der Waals surface area contributed by atoms with Gasteiger partial charge in [-0.1, -0.05) is 13.8 Å². The lowest BCUT2D eigenvalue weighted by molar-refractivity contribution is -0.148. The highest BCUT2D eigenvalue weighted by atomic mass is 32.2. The molecule has 5 nitrogen and oxygen atoms in total. The lowest BCUT2D eigenvalue weighted by Crippen LogP contribution is -2.57. The molecule has 2 aliphatic heterocycles. The van der Waals surface area contributed by atoms with Crippen molar-refractivity contribution in [3.8, 4) is 0 Å². The second-order valence-corrected chi connectivity index (χ2v) is 9.91. The first-order chi connectivity index (χ1) is 9.66. The van der Waals surface area contributed by atoms with Gasteiger partial charge in [-0.2, -0.15) is 0 Å². The molecule has 0 aromatic heterocycles. The van der Waals surface area contributed by atoms with E-state index in [0.717, 1.165) is 12.8 Å². The summed E-state index contributed by atoms with van der Waals surface area (Å²) in [5, 5.41) is 0. The van der Waals surface area contributed by atoms with E-state index in [1.165, 1.54) is 0 Å². The molecule has 0 unspecified atom stereocenters. The van der Waals surface area contributed by atoms with E-state index < -0.39 is 14.6 Å². The van der Waals surface area contributed by atoms with E-state index in [1.54, 1.807) is 18.7 Å². The number of hydrogen-bond acceptors (Lipinski definition) is 4. The van der Waals surface area contributed by atoms with Gasteiger partial charge < -0.3 is 9.64 Å². The van der Waals surface area contributed by atoms with Crippen LogP contribution in [-0.4, -0.2) is 55.5 Å². The van der Waals surface area contributed by atoms with Crippen molar-refractivity contribution in [3.05, 3.63) is 0 Å². The van der Waals surface area contributed by atoms with E-state index in [1.807, 2.05) is 0 Å². The average Bonchev–Trinajstić information content (AvgIpc) is 2.41. The Balaban J connectivity index is 2.13. The predicted octanol–water partition coefficient (Wildman–Crippen LogP) is 1.47. The number of rotatable bonds is 2. The number of carbonyl (C=O) groups is 1. The largest absolute Gasteiger partial charge is 0.377 e. The first kappa shape index (κ1) is 16.7. The predicted molar refractivity (Wildman–Crippen MR) is 81.7 cm³/mol. The zero-order valence-electron chi connectivity index (χ0n) is 13.5. The van der Waals surface area contributed by atoms with Crippen molar-refractivity contribution in [1.82, 2.24) is 4.90 Å². The first-order valence-corrected chi connectivity index (χ1v) is 9.43. The molecule has 122 valence electrons. The Morgan fingerprint density at radius 1 is 1.33 bits per heavy atom. The monoisotopic (exact) mass is 317 g/mol. The average molecular weight is 317 g/mol. The van der Waals surface area contributed by atoms with Gasteiger partial charge in [0.2, 0.25) is 5.91 Å². The van der Waals surface area contributed by atoms with Crippen LogP contribution in [0.1, 0.15) is 40.5 Å². The Labute approximate surface area is 127 Å². The van der Waals surface area contributed by atoms with Crippen LogP contribution in [0.5, 0.6) is 0 Å². The number of carbonyl (C=O) groups excluding carboxylic acids is 1. The lowest BCUT2D eigenvalue weighted by Gasteiger charge is -2.41. The molecule has 0 radical (unpaired) electrons. The topological polar surface area (TPSA) is 63.7 Å². The van der Waals surface area contributed by atoms with Gasteiger partial charge in [-0.3, -0.25) is 4.79 Å². The molecule has 0 bridgehead atoms. The Kier molecular flexibility index (Phi) is 4.69. The molecule has 2 rings (SSSR count). The molecule has 0 N–H and O–H groups in total. The van der Waals surface area contributed by atoms with Gasteiger partial charge in [-0.15, -0.1) is 0 Å². The number of amides is 1. The van der Waals surface area contributed by atoms with Crippen LogP contribution in [0, 0.1) is 11.8 Å². The van der Waals surface area contributed by atoms with E-state index in [4.69, 9.17) is 4.74 Å². The summed E-state index contributed by atoms with van der Waals surface area (Å²) in [7, 11) is -3.11. The molecule has 0 aromatic rings.